The van der Waals surface area contributed by atoms with Gasteiger partial charge >= 0.3 is 0 Å². The molecule has 0 unspecified atom stereocenters. The van der Waals surface area contributed by atoms with E-state index in [4.69, 9.17) is 0 Å². The number of thioether (sulfide) groups is 2. The van der Waals surface area contributed by atoms with Gasteiger partial charge in [-0.2, -0.15) is 5.26 Å². The molecule has 0 saturated carbocycles. The van der Waals surface area contributed by atoms with Gasteiger partial charge in [0.2, 0.25) is 11.8 Å². The maximum atomic E-state index is 12.2. The lowest BCUT2D eigenvalue weighted by Crippen LogP contribution is -2.16. The Morgan fingerprint density at radius 2 is 1.47 bits per heavy atom. The highest BCUT2D eigenvalue weighted by molar-refractivity contribution is 8.00. The molecule has 2 N–H and O–H groups in total. The number of rotatable bonds is 8. The van der Waals surface area contributed by atoms with Crippen LogP contribution in [0.5, 0.6) is 0 Å². The van der Waals surface area contributed by atoms with E-state index < -0.39 is 0 Å². The Bertz CT molecular complexity index is 1060. The number of nitrogens with one attached hydrogen (secondary N) is 2. The van der Waals surface area contributed by atoms with Crippen molar-refractivity contribution in [2.24, 2.45) is 0 Å². The standard InChI is InChI=1S/C21H17N5O2S2/c22-12-15-11-16(25-18(27)13-29-20-5-1-3-9-23-20)7-8-17(15)26-19(28)14-30-21-6-2-4-10-24-21/h1-11H,13-14H2,(H,25,27)(H,26,28). The third kappa shape index (κ3) is 6.62. The number of amides is 2. The van der Waals surface area contributed by atoms with E-state index in [1.807, 2.05) is 36.4 Å². The van der Waals surface area contributed by atoms with Crippen molar-refractivity contribution in [3.63, 3.8) is 0 Å². The molecular formula is C21H17N5O2S2. The fourth-order valence-corrected chi connectivity index (χ4v) is 3.67. The second-order valence-electron chi connectivity index (χ2n) is 5.88. The number of nitrogens with zero attached hydrogens (tertiary/aromatic N) is 3. The van der Waals surface area contributed by atoms with Gasteiger partial charge < -0.3 is 10.6 Å². The minimum Gasteiger partial charge on any atom is -0.325 e. The third-order valence-electron chi connectivity index (χ3n) is 3.68. The van der Waals surface area contributed by atoms with Crippen LogP contribution in [0.3, 0.4) is 0 Å². The highest BCUT2D eigenvalue weighted by Crippen LogP contribution is 2.22. The van der Waals surface area contributed by atoms with Crippen LogP contribution < -0.4 is 10.6 Å². The molecule has 0 bridgehead atoms. The molecule has 0 aliphatic carbocycles. The van der Waals surface area contributed by atoms with E-state index in [9.17, 15) is 14.9 Å². The molecule has 2 heterocycles. The molecule has 0 radical (unpaired) electrons. The summed E-state index contributed by atoms with van der Waals surface area (Å²) in [5.74, 6) is -0.0865. The topological polar surface area (TPSA) is 108 Å². The second-order valence-corrected chi connectivity index (χ2v) is 7.87. The average molecular weight is 436 g/mol. The summed E-state index contributed by atoms with van der Waals surface area (Å²) >= 11 is 2.63. The predicted molar refractivity (Wildman–Crippen MR) is 118 cm³/mol. The van der Waals surface area contributed by atoms with E-state index in [1.165, 1.54) is 29.6 Å². The smallest absolute Gasteiger partial charge is 0.234 e. The first-order valence-electron chi connectivity index (χ1n) is 8.85. The average Bonchev–Trinajstić information content (AvgIpc) is 2.78. The normalized spacial score (nSPS) is 10.1. The molecule has 2 amide bonds. The van der Waals surface area contributed by atoms with Crippen LogP contribution in [0.1, 0.15) is 5.56 Å². The predicted octanol–water partition coefficient (Wildman–Crippen LogP) is 3.81. The number of pyridine rings is 2. The minimum atomic E-state index is -0.245. The lowest BCUT2D eigenvalue weighted by Gasteiger charge is -2.10. The molecule has 0 aliphatic heterocycles. The molecule has 0 fully saturated rings. The van der Waals surface area contributed by atoms with Crippen molar-refractivity contribution in [2.75, 3.05) is 22.1 Å². The van der Waals surface area contributed by atoms with Gasteiger partial charge in [-0.15, -0.1) is 0 Å². The number of anilines is 2. The van der Waals surface area contributed by atoms with Crippen molar-refractivity contribution < 1.29 is 9.59 Å². The van der Waals surface area contributed by atoms with Crippen LogP contribution in [-0.4, -0.2) is 33.3 Å². The van der Waals surface area contributed by atoms with Crippen LogP contribution in [0.4, 0.5) is 11.4 Å². The van der Waals surface area contributed by atoms with Gasteiger partial charge in [-0.3, -0.25) is 9.59 Å². The summed E-state index contributed by atoms with van der Waals surface area (Å²) in [6.45, 7) is 0. The number of aromatic nitrogens is 2. The van der Waals surface area contributed by atoms with Gasteiger partial charge in [-0.05, 0) is 42.5 Å². The fraction of sp³-hybridized carbons (Fsp3) is 0.0952. The van der Waals surface area contributed by atoms with Crippen molar-refractivity contribution >= 4 is 46.7 Å². The molecule has 9 heteroatoms. The number of hydrogen-bond donors (Lipinski definition) is 2. The SMILES string of the molecule is N#Cc1cc(NC(=O)CSc2ccccn2)ccc1NC(=O)CSc1ccccn1. The molecule has 2 aromatic heterocycles. The Labute approximate surface area is 182 Å². The van der Waals surface area contributed by atoms with Gasteiger partial charge in [0.05, 0.1) is 32.8 Å². The Hall–Kier alpha value is -3.35. The Balaban J connectivity index is 1.54. The number of carbonyl (C=O) groups is 2. The summed E-state index contributed by atoms with van der Waals surface area (Å²) in [5.41, 5.74) is 1.14. The molecule has 1 aromatic carbocycles. The number of nitriles is 1. The second kappa shape index (κ2) is 11.0. The van der Waals surface area contributed by atoms with E-state index >= 15 is 0 Å². The zero-order chi connectivity index (χ0) is 21.2. The largest absolute Gasteiger partial charge is 0.325 e. The monoisotopic (exact) mass is 435 g/mol. The van der Waals surface area contributed by atoms with Gasteiger partial charge in [0.15, 0.2) is 0 Å². The summed E-state index contributed by atoms with van der Waals surface area (Å²) in [6.07, 6.45) is 3.33. The van der Waals surface area contributed by atoms with E-state index in [0.29, 0.717) is 11.4 Å². The number of benzene rings is 1. The minimum absolute atomic E-state index is 0.172. The van der Waals surface area contributed by atoms with Crippen molar-refractivity contribution in [2.45, 2.75) is 10.1 Å². The number of hydrogen-bond acceptors (Lipinski definition) is 7. The van der Waals surface area contributed by atoms with E-state index in [0.717, 1.165) is 10.1 Å². The molecule has 7 nitrogen and oxygen atoms in total. The Morgan fingerprint density at radius 1 is 0.867 bits per heavy atom. The Morgan fingerprint density at radius 3 is 2.00 bits per heavy atom. The van der Waals surface area contributed by atoms with Crippen LogP contribution >= 0.6 is 23.5 Å². The number of carbonyl (C=O) groups excluding carboxylic acids is 2. The molecular weight excluding hydrogens is 418 g/mol. The van der Waals surface area contributed by atoms with E-state index in [-0.39, 0.29) is 28.9 Å². The summed E-state index contributed by atoms with van der Waals surface area (Å²) in [6, 6.07) is 17.8. The van der Waals surface area contributed by atoms with Gasteiger partial charge in [0.25, 0.3) is 0 Å². The zero-order valence-electron chi connectivity index (χ0n) is 15.7. The fourth-order valence-electron chi connectivity index (χ4n) is 2.35. The van der Waals surface area contributed by atoms with Crippen LogP contribution in [0.2, 0.25) is 0 Å². The van der Waals surface area contributed by atoms with Crippen molar-refractivity contribution in [1.29, 1.82) is 5.26 Å². The molecule has 150 valence electrons. The molecule has 3 rings (SSSR count). The molecule has 3 aromatic rings. The van der Waals surface area contributed by atoms with Crippen LogP contribution in [0.25, 0.3) is 0 Å². The van der Waals surface area contributed by atoms with Crippen LogP contribution in [-0.2, 0) is 9.59 Å². The van der Waals surface area contributed by atoms with Crippen molar-refractivity contribution in [1.82, 2.24) is 9.97 Å². The Kier molecular flexibility index (Phi) is 7.83. The first kappa shape index (κ1) is 21.4. The molecule has 30 heavy (non-hydrogen) atoms. The molecule has 0 aliphatic rings. The first-order chi connectivity index (χ1) is 14.6. The quantitative estimate of drug-likeness (QED) is 0.518. The van der Waals surface area contributed by atoms with Crippen LogP contribution in [0, 0.1) is 11.3 Å². The lowest BCUT2D eigenvalue weighted by atomic mass is 10.1. The van der Waals surface area contributed by atoms with Gasteiger partial charge in [0.1, 0.15) is 6.07 Å². The van der Waals surface area contributed by atoms with Crippen molar-refractivity contribution in [3.05, 3.63) is 72.6 Å². The summed E-state index contributed by atoms with van der Waals surface area (Å²) in [7, 11) is 0. The molecule has 0 spiro atoms. The molecule has 0 atom stereocenters. The van der Waals surface area contributed by atoms with Gasteiger partial charge in [0, 0.05) is 18.1 Å². The van der Waals surface area contributed by atoms with Crippen LogP contribution in [0.15, 0.2) is 77.0 Å². The lowest BCUT2D eigenvalue weighted by molar-refractivity contribution is -0.114. The highest BCUT2D eigenvalue weighted by atomic mass is 32.2. The third-order valence-corrected chi connectivity index (χ3v) is 5.56. The van der Waals surface area contributed by atoms with E-state index in [2.05, 4.69) is 20.6 Å². The maximum Gasteiger partial charge on any atom is 0.234 e. The highest BCUT2D eigenvalue weighted by Gasteiger charge is 2.11. The zero-order valence-corrected chi connectivity index (χ0v) is 17.4. The summed E-state index contributed by atoms with van der Waals surface area (Å²) < 4.78 is 0. The molecule has 0 saturated heterocycles. The first-order valence-corrected chi connectivity index (χ1v) is 10.8. The van der Waals surface area contributed by atoms with Crippen molar-refractivity contribution in [3.8, 4) is 6.07 Å². The maximum absolute atomic E-state index is 12.2. The van der Waals surface area contributed by atoms with Gasteiger partial charge in [-0.1, -0.05) is 35.7 Å². The summed E-state index contributed by atoms with van der Waals surface area (Å²) in [4.78, 5) is 32.6. The summed E-state index contributed by atoms with van der Waals surface area (Å²) in [5, 5.41) is 16.4. The van der Waals surface area contributed by atoms with Gasteiger partial charge in [-0.25, -0.2) is 9.97 Å². The van der Waals surface area contributed by atoms with E-state index in [1.54, 1.807) is 30.6 Å².